The molecule has 1 saturated heterocycles. The molecule has 2 aromatic rings. The number of hydrogen-bond acceptors (Lipinski definition) is 3. The molecule has 0 amide bonds. The highest BCUT2D eigenvalue weighted by atomic mass is 19.4. The monoisotopic (exact) mass is 396 g/mol. The standard InChI is InChI=1S/C15H15F3N2O.C2H3F3O/c1-9-3-2-6-20(9)10-4-5-13-11(7-10)12(15(16,17)18)8-14(21)19-13;3-2(4,5)1-6/h4-5,7-9H,2-3,6H2,1H3,(H,19,21);6H,1H2. The summed E-state index contributed by atoms with van der Waals surface area (Å²) in [7, 11) is 0. The van der Waals surface area contributed by atoms with Gasteiger partial charge in [-0.1, -0.05) is 0 Å². The molecule has 0 radical (unpaired) electrons. The average Bonchev–Trinajstić information content (AvgIpc) is 2.99. The summed E-state index contributed by atoms with van der Waals surface area (Å²) >= 11 is 0. The van der Waals surface area contributed by atoms with Gasteiger partial charge in [-0.25, -0.2) is 0 Å². The Morgan fingerprint density at radius 3 is 2.30 bits per heavy atom. The third-order valence-corrected chi connectivity index (χ3v) is 4.20. The summed E-state index contributed by atoms with van der Waals surface area (Å²) in [6.07, 6.45) is -6.87. The summed E-state index contributed by atoms with van der Waals surface area (Å²) in [4.78, 5) is 15.9. The smallest absolute Gasteiger partial charge is 0.387 e. The van der Waals surface area contributed by atoms with E-state index in [2.05, 4.69) is 16.8 Å². The molecule has 0 aliphatic carbocycles. The molecule has 1 fully saturated rings. The molecule has 0 spiro atoms. The first-order valence-corrected chi connectivity index (χ1v) is 8.11. The number of nitrogens with zero attached hydrogens (tertiary/aromatic N) is 1. The number of hydrogen-bond donors (Lipinski definition) is 2. The Morgan fingerprint density at radius 1 is 1.19 bits per heavy atom. The van der Waals surface area contributed by atoms with E-state index >= 15 is 0 Å². The van der Waals surface area contributed by atoms with E-state index in [4.69, 9.17) is 5.11 Å². The highest BCUT2D eigenvalue weighted by Gasteiger charge is 2.33. The van der Waals surface area contributed by atoms with Crippen LogP contribution in [0.3, 0.4) is 0 Å². The first-order valence-electron chi connectivity index (χ1n) is 8.11. The summed E-state index contributed by atoms with van der Waals surface area (Å²) in [6.45, 7) is 1.18. The van der Waals surface area contributed by atoms with Crippen LogP contribution in [-0.4, -0.2) is 35.5 Å². The predicted octanol–water partition coefficient (Wildman–Crippen LogP) is 4.08. The molecular formula is C17H18F6N2O2. The van der Waals surface area contributed by atoms with Crippen LogP contribution < -0.4 is 10.5 Å². The van der Waals surface area contributed by atoms with Gasteiger partial charge in [-0.2, -0.15) is 26.3 Å². The lowest BCUT2D eigenvalue weighted by molar-refractivity contribution is -0.159. The molecule has 4 nitrogen and oxygen atoms in total. The van der Waals surface area contributed by atoms with Gasteiger partial charge in [-0.15, -0.1) is 0 Å². The summed E-state index contributed by atoms with van der Waals surface area (Å²) in [5, 5.41) is 7.32. The lowest BCUT2D eigenvalue weighted by Gasteiger charge is -2.24. The number of fused-ring (bicyclic) bond motifs is 1. The van der Waals surface area contributed by atoms with Crippen LogP contribution in [0.2, 0.25) is 0 Å². The number of pyridine rings is 1. The van der Waals surface area contributed by atoms with E-state index in [0.29, 0.717) is 12.1 Å². The van der Waals surface area contributed by atoms with Gasteiger partial charge in [0.15, 0.2) is 0 Å². The lowest BCUT2D eigenvalue weighted by Crippen LogP contribution is -2.26. The van der Waals surface area contributed by atoms with Crippen molar-refractivity contribution in [3.8, 4) is 0 Å². The summed E-state index contributed by atoms with van der Waals surface area (Å²) in [5.74, 6) is 0. The number of rotatable bonds is 1. The molecule has 0 saturated carbocycles. The number of aliphatic hydroxyl groups excluding tert-OH is 1. The van der Waals surface area contributed by atoms with Crippen molar-refractivity contribution in [2.75, 3.05) is 18.1 Å². The lowest BCUT2D eigenvalue weighted by atomic mass is 10.1. The number of benzene rings is 1. The molecule has 150 valence electrons. The minimum Gasteiger partial charge on any atom is -0.387 e. The van der Waals surface area contributed by atoms with Crippen molar-refractivity contribution in [3.63, 3.8) is 0 Å². The van der Waals surface area contributed by atoms with Crippen LogP contribution >= 0.6 is 0 Å². The van der Waals surface area contributed by atoms with Crippen LogP contribution in [0.4, 0.5) is 32.0 Å². The number of aliphatic hydroxyl groups is 1. The summed E-state index contributed by atoms with van der Waals surface area (Å²) in [6, 6.07) is 5.78. The zero-order chi connectivity index (χ0) is 20.4. The second-order valence-electron chi connectivity index (χ2n) is 6.23. The largest absolute Gasteiger partial charge is 0.417 e. The van der Waals surface area contributed by atoms with Crippen LogP contribution in [0.15, 0.2) is 29.1 Å². The first kappa shape index (κ1) is 21.1. The minimum absolute atomic E-state index is 0.0405. The number of anilines is 1. The Hall–Kier alpha value is -2.23. The molecule has 1 aromatic heterocycles. The fourth-order valence-electron chi connectivity index (χ4n) is 2.97. The van der Waals surface area contributed by atoms with Crippen molar-refractivity contribution < 1.29 is 31.4 Å². The number of halogens is 6. The van der Waals surface area contributed by atoms with Gasteiger partial charge >= 0.3 is 12.4 Å². The van der Waals surface area contributed by atoms with Crippen molar-refractivity contribution in [1.82, 2.24) is 4.98 Å². The molecule has 1 aromatic carbocycles. The van der Waals surface area contributed by atoms with E-state index in [9.17, 15) is 31.1 Å². The number of aromatic nitrogens is 1. The topological polar surface area (TPSA) is 56.3 Å². The Labute approximate surface area is 150 Å². The summed E-state index contributed by atoms with van der Waals surface area (Å²) < 4.78 is 71.0. The van der Waals surface area contributed by atoms with Gasteiger partial charge in [0.05, 0.1) is 5.56 Å². The van der Waals surface area contributed by atoms with Gasteiger partial charge in [-0.05, 0) is 38.0 Å². The number of aromatic amines is 1. The quantitative estimate of drug-likeness (QED) is 0.715. The number of alkyl halides is 6. The zero-order valence-electron chi connectivity index (χ0n) is 14.3. The first-order chi connectivity index (χ1) is 12.4. The maximum atomic E-state index is 13.1. The van der Waals surface area contributed by atoms with E-state index < -0.39 is 30.1 Å². The fraction of sp³-hybridized carbons (Fsp3) is 0.471. The molecule has 0 bridgehead atoms. The third-order valence-electron chi connectivity index (χ3n) is 4.20. The van der Waals surface area contributed by atoms with Crippen LogP contribution in [0.25, 0.3) is 10.9 Å². The molecule has 2 N–H and O–H groups in total. The van der Waals surface area contributed by atoms with E-state index in [1.54, 1.807) is 12.1 Å². The molecule has 1 aliphatic rings. The van der Waals surface area contributed by atoms with E-state index in [-0.39, 0.29) is 10.9 Å². The van der Waals surface area contributed by atoms with Gasteiger partial charge in [0.2, 0.25) is 5.56 Å². The third kappa shape index (κ3) is 5.38. The van der Waals surface area contributed by atoms with Crippen molar-refractivity contribution >= 4 is 16.6 Å². The van der Waals surface area contributed by atoms with Crippen molar-refractivity contribution in [2.24, 2.45) is 0 Å². The van der Waals surface area contributed by atoms with E-state index in [0.717, 1.165) is 25.1 Å². The Kier molecular flexibility index (Phi) is 6.08. The molecule has 1 atom stereocenters. The van der Waals surface area contributed by atoms with Gasteiger partial charge in [0.1, 0.15) is 6.61 Å². The zero-order valence-corrected chi connectivity index (χ0v) is 14.3. The summed E-state index contributed by atoms with van der Waals surface area (Å²) in [5.41, 5.74) is -0.637. The van der Waals surface area contributed by atoms with Crippen molar-refractivity contribution in [1.29, 1.82) is 0 Å². The van der Waals surface area contributed by atoms with Crippen molar-refractivity contribution in [3.05, 3.63) is 40.2 Å². The van der Waals surface area contributed by atoms with Gasteiger partial charge in [0, 0.05) is 35.2 Å². The van der Waals surface area contributed by atoms with Gasteiger partial charge in [0.25, 0.3) is 0 Å². The second kappa shape index (κ2) is 7.79. The Bertz CT molecular complexity index is 844. The van der Waals surface area contributed by atoms with Crippen LogP contribution in [-0.2, 0) is 6.18 Å². The Morgan fingerprint density at radius 2 is 1.81 bits per heavy atom. The van der Waals surface area contributed by atoms with Crippen molar-refractivity contribution in [2.45, 2.75) is 38.2 Å². The molecule has 10 heteroatoms. The van der Waals surface area contributed by atoms with Gasteiger partial charge in [-0.3, -0.25) is 4.79 Å². The molecule has 2 heterocycles. The Balaban J connectivity index is 0.000000380. The van der Waals surface area contributed by atoms with E-state index in [1.165, 1.54) is 6.07 Å². The molecule has 3 rings (SSSR count). The maximum Gasteiger partial charge on any atom is 0.417 e. The maximum absolute atomic E-state index is 13.1. The molecular weight excluding hydrogens is 378 g/mol. The van der Waals surface area contributed by atoms with Crippen LogP contribution in [0.5, 0.6) is 0 Å². The molecule has 27 heavy (non-hydrogen) atoms. The average molecular weight is 396 g/mol. The van der Waals surface area contributed by atoms with E-state index in [1.807, 2.05) is 0 Å². The normalized spacial score (nSPS) is 17.8. The fourth-order valence-corrected chi connectivity index (χ4v) is 2.97. The highest BCUT2D eigenvalue weighted by molar-refractivity contribution is 5.86. The second-order valence-corrected chi connectivity index (χ2v) is 6.23. The van der Waals surface area contributed by atoms with Gasteiger partial charge < -0.3 is 15.0 Å². The minimum atomic E-state index is -4.54. The number of H-pyrrole nitrogens is 1. The molecule has 1 unspecified atom stereocenters. The SMILES string of the molecule is CC1CCCN1c1ccc2[nH]c(=O)cc(C(F)(F)F)c2c1.OCC(F)(F)F. The highest BCUT2D eigenvalue weighted by Crippen LogP contribution is 2.35. The van der Waals surface area contributed by atoms with Crippen LogP contribution in [0, 0.1) is 0 Å². The predicted molar refractivity (Wildman–Crippen MR) is 88.8 cm³/mol. The van der Waals surface area contributed by atoms with Crippen LogP contribution in [0.1, 0.15) is 25.3 Å². The molecule has 1 aliphatic heterocycles. The number of nitrogens with one attached hydrogen (secondary N) is 1.